The van der Waals surface area contributed by atoms with Crippen molar-refractivity contribution in [1.29, 1.82) is 0 Å². The number of hydrogen-bond acceptors (Lipinski definition) is 3. The summed E-state index contributed by atoms with van der Waals surface area (Å²) in [7, 11) is 0. The number of carbonyl (C=O) groups is 2. The van der Waals surface area contributed by atoms with E-state index in [0.29, 0.717) is 11.3 Å². The molecular formula is C17H17BrN2O2S. The standard InChI is InChI=1S/C17H17BrN2O2S/c1-23-11-12-6-8-13(9-7-12)17(22)19-10-16(21)20-15-5-3-2-4-14(15)18/h2-9H,10-11H2,1H3,(H,19,22)(H,20,21). The molecule has 0 aliphatic rings. The van der Waals surface area contributed by atoms with Gasteiger partial charge < -0.3 is 10.6 Å². The van der Waals surface area contributed by atoms with Gasteiger partial charge in [0.1, 0.15) is 0 Å². The second-order valence-electron chi connectivity index (χ2n) is 4.84. The molecule has 0 saturated heterocycles. The quantitative estimate of drug-likeness (QED) is 0.787. The number of amides is 2. The molecule has 0 heterocycles. The summed E-state index contributed by atoms with van der Waals surface area (Å²) in [6.07, 6.45) is 2.03. The van der Waals surface area contributed by atoms with Crippen LogP contribution in [0.25, 0.3) is 0 Å². The summed E-state index contributed by atoms with van der Waals surface area (Å²) in [4.78, 5) is 23.9. The Bertz CT molecular complexity index is 689. The van der Waals surface area contributed by atoms with Crippen molar-refractivity contribution >= 4 is 45.2 Å². The van der Waals surface area contributed by atoms with Gasteiger partial charge in [0.05, 0.1) is 12.2 Å². The fourth-order valence-electron chi connectivity index (χ4n) is 1.94. The maximum Gasteiger partial charge on any atom is 0.251 e. The highest BCUT2D eigenvalue weighted by molar-refractivity contribution is 9.10. The van der Waals surface area contributed by atoms with Crippen LogP contribution in [0.3, 0.4) is 0 Å². The van der Waals surface area contributed by atoms with Crippen LogP contribution < -0.4 is 10.6 Å². The third-order valence-electron chi connectivity index (χ3n) is 3.08. The molecule has 4 nitrogen and oxygen atoms in total. The molecule has 2 aromatic rings. The number of anilines is 1. The van der Waals surface area contributed by atoms with Crippen LogP contribution in [-0.4, -0.2) is 24.6 Å². The highest BCUT2D eigenvalue weighted by Crippen LogP contribution is 2.20. The summed E-state index contributed by atoms with van der Waals surface area (Å²) in [5, 5.41) is 5.36. The summed E-state index contributed by atoms with van der Waals surface area (Å²) in [5.74, 6) is 0.378. The summed E-state index contributed by atoms with van der Waals surface area (Å²) in [6.45, 7) is -0.0767. The van der Waals surface area contributed by atoms with Crippen LogP contribution in [0, 0.1) is 0 Å². The number of rotatable bonds is 6. The molecule has 6 heteroatoms. The van der Waals surface area contributed by atoms with Crippen molar-refractivity contribution in [3.05, 3.63) is 64.1 Å². The fraction of sp³-hybridized carbons (Fsp3) is 0.176. The van der Waals surface area contributed by atoms with Crippen molar-refractivity contribution in [3.63, 3.8) is 0 Å². The highest BCUT2D eigenvalue weighted by Gasteiger charge is 2.09. The predicted molar refractivity (Wildman–Crippen MR) is 98.8 cm³/mol. The number of carbonyl (C=O) groups excluding carboxylic acids is 2. The average molecular weight is 393 g/mol. The molecule has 0 radical (unpaired) electrons. The normalized spacial score (nSPS) is 10.2. The van der Waals surface area contributed by atoms with Gasteiger partial charge in [0.15, 0.2) is 0 Å². The zero-order valence-electron chi connectivity index (χ0n) is 12.6. The Hall–Kier alpha value is -1.79. The minimum absolute atomic E-state index is 0.0767. The maximum absolute atomic E-state index is 12.0. The van der Waals surface area contributed by atoms with Crippen molar-refractivity contribution in [2.45, 2.75) is 5.75 Å². The van der Waals surface area contributed by atoms with Gasteiger partial charge in [0.25, 0.3) is 5.91 Å². The van der Waals surface area contributed by atoms with E-state index in [-0.39, 0.29) is 18.4 Å². The SMILES string of the molecule is CSCc1ccc(C(=O)NCC(=O)Nc2ccccc2Br)cc1. The summed E-state index contributed by atoms with van der Waals surface area (Å²) >= 11 is 5.09. The van der Waals surface area contributed by atoms with Crippen molar-refractivity contribution in [2.75, 3.05) is 18.1 Å². The highest BCUT2D eigenvalue weighted by atomic mass is 79.9. The lowest BCUT2D eigenvalue weighted by Gasteiger charge is -2.08. The Morgan fingerprint density at radius 1 is 1.09 bits per heavy atom. The van der Waals surface area contributed by atoms with Gasteiger partial charge in [-0.3, -0.25) is 9.59 Å². The molecular weight excluding hydrogens is 376 g/mol. The molecule has 0 fully saturated rings. The first-order chi connectivity index (χ1) is 11.1. The lowest BCUT2D eigenvalue weighted by Crippen LogP contribution is -2.32. The molecule has 2 aromatic carbocycles. The molecule has 0 unspecified atom stereocenters. The number of para-hydroxylation sites is 1. The van der Waals surface area contributed by atoms with Gasteiger partial charge in [0.2, 0.25) is 5.91 Å². The van der Waals surface area contributed by atoms with Crippen LogP contribution in [0.1, 0.15) is 15.9 Å². The van der Waals surface area contributed by atoms with Gasteiger partial charge >= 0.3 is 0 Å². The Morgan fingerprint density at radius 3 is 2.43 bits per heavy atom. The lowest BCUT2D eigenvalue weighted by atomic mass is 10.1. The van der Waals surface area contributed by atoms with Gasteiger partial charge in [-0.05, 0) is 52.0 Å². The zero-order valence-corrected chi connectivity index (χ0v) is 15.0. The molecule has 0 bridgehead atoms. The van der Waals surface area contributed by atoms with Crippen LogP contribution >= 0.6 is 27.7 Å². The van der Waals surface area contributed by atoms with Gasteiger partial charge in [0, 0.05) is 15.8 Å². The molecule has 0 aliphatic heterocycles. The number of thioether (sulfide) groups is 1. The van der Waals surface area contributed by atoms with E-state index in [0.717, 1.165) is 10.2 Å². The van der Waals surface area contributed by atoms with Crippen LogP contribution in [0.4, 0.5) is 5.69 Å². The Balaban J connectivity index is 1.86. The molecule has 120 valence electrons. The van der Waals surface area contributed by atoms with Crippen LogP contribution in [0.5, 0.6) is 0 Å². The van der Waals surface area contributed by atoms with Crippen molar-refractivity contribution in [1.82, 2.24) is 5.32 Å². The predicted octanol–water partition coefficient (Wildman–Crippen LogP) is 3.68. The molecule has 0 saturated carbocycles. The van der Waals surface area contributed by atoms with E-state index in [1.165, 1.54) is 5.56 Å². The molecule has 2 N–H and O–H groups in total. The van der Waals surface area contributed by atoms with Gasteiger partial charge in [-0.15, -0.1) is 0 Å². The van der Waals surface area contributed by atoms with E-state index >= 15 is 0 Å². The summed E-state index contributed by atoms with van der Waals surface area (Å²) in [6, 6.07) is 14.7. The smallest absolute Gasteiger partial charge is 0.251 e. The van der Waals surface area contributed by atoms with Crippen LogP contribution in [0.15, 0.2) is 53.0 Å². The maximum atomic E-state index is 12.0. The first-order valence-corrected chi connectivity index (χ1v) is 9.19. The van der Waals surface area contributed by atoms with Gasteiger partial charge in [-0.25, -0.2) is 0 Å². The minimum Gasteiger partial charge on any atom is -0.343 e. The van der Waals surface area contributed by atoms with Gasteiger partial charge in [-0.1, -0.05) is 24.3 Å². The molecule has 0 aliphatic carbocycles. The molecule has 0 atom stereocenters. The zero-order chi connectivity index (χ0) is 16.7. The third-order valence-corrected chi connectivity index (χ3v) is 4.40. The second kappa shape index (κ2) is 8.74. The lowest BCUT2D eigenvalue weighted by molar-refractivity contribution is -0.115. The van der Waals surface area contributed by atoms with E-state index < -0.39 is 0 Å². The molecule has 0 aromatic heterocycles. The van der Waals surface area contributed by atoms with Crippen molar-refractivity contribution < 1.29 is 9.59 Å². The number of benzene rings is 2. The minimum atomic E-state index is -0.274. The molecule has 0 spiro atoms. The van der Waals surface area contributed by atoms with Gasteiger partial charge in [-0.2, -0.15) is 11.8 Å². The van der Waals surface area contributed by atoms with Crippen LogP contribution in [-0.2, 0) is 10.5 Å². The van der Waals surface area contributed by atoms with E-state index in [1.54, 1.807) is 30.0 Å². The summed E-state index contributed by atoms with van der Waals surface area (Å²) in [5.41, 5.74) is 2.39. The Labute approximate surface area is 148 Å². The van der Waals surface area contributed by atoms with Crippen molar-refractivity contribution in [2.24, 2.45) is 0 Å². The Morgan fingerprint density at radius 2 is 1.78 bits per heavy atom. The van der Waals surface area contributed by atoms with E-state index in [9.17, 15) is 9.59 Å². The second-order valence-corrected chi connectivity index (χ2v) is 6.56. The fourth-order valence-corrected chi connectivity index (χ4v) is 2.85. The average Bonchev–Trinajstić information content (AvgIpc) is 2.56. The van der Waals surface area contributed by atoms with E-state index in [2.05, 4.69) is 26.6 Å². The molecule has 2 amide bonds. The van der Waals surface area contributed by atoms with Crippen molar-refractivity contribution in [3.8, 4) is 0 Å². The van der Waals surface area contributed by atoms with E-state index in [1.807, 2.05) is 36.6 Å². The Kier molecular flexibility index (Phi) is 6.67. The first-order valence-electron chi connectivity index (χ1n) is 7.00. The number of halogens is 1. The molecule has 23 heavy (non-hydrogen) atoms. The topological polar surface area (TPSA) is 58.2 Å². The number of nitrogens with one attached hydrogen (secondary N) is 2. The monoisotopic (exact) mass is 392 g/mol. The first kappa shape index (κ1) is 17.6. The third kappa shape index (κ3) is 5.41. The molecule has 2 rings (SSSR count). The van der Waals surface area contributed by atoms with E-state index in [4.69, 9.17) is 0 Å². The number of hydrogen-bond donors (Lipinski definition) is 2. The summed E-state index contributed by atoms with van der Waals surface area (Å²) < 4.78 is 0.795. The van der Waals surface area contributed by atoms with Crippen LogP contribution in [0.2, 0.25) is 0 Å². The largest absolute Gasteiger partial charge is 0.343 e.